The van der Waals surface area contributed by atoms with Crippen molar-refractivity contribution in [2.75, 3.05) is 6.61 Å². The number of thiazole rings is 1. The molecule has 0 saturated heterocycles. The summed E-state index contributed by atoms with van der Waals surface area (Å²) in [7, 11) is 0. The van der Waals surface area contributed by atoms with Crippen molar-refractivity contribution in [1.82, 2.24) is 4.98 Å². The Morgan fingerprint density at radius 2 is 1.76 bits per heavy atom. The summed E-state index contributed by atoms with van der Waals surface area (Å²) < 4.78 is 6.06. The number of hydrogen-bond donors (Lipinski definition) is 1. The van der Waals surface area contributed by atoms with Gasteiger partial charge in [0, 0.05) is 23.7 Å². The molecule has 4 rings (SSSR count). The number of aromatic carboxylic acids is 1. The van der Waals surface area contributed by atoms with E-state index in [1.54, 1.807) is 35.6 Å². The van der Waals surface area contributed by atoms with E-state index in [0.717, 1.165) is 46.0 Å². The first-order chi connectivity index (χ1) is 16.4. The molecule has 1 aliphatic rings. The van der Waals surface area contributed by atoms with Crippen LogP contribution in [0.25, 0.3) is 21.0 Å². The average Bonchev–Trinajstić information content (AvgIpc) is 3.34. The minimum absolute atomic E-state index is 0.0254. The fraction of sp³-hybridized carbons (Fsp3) is 0.393. The first-order valence-corrected chi connectivity index (χ1v) is 12.8. The Hall–Kier alpha value is -2.99. The minimum atomic E-state index is -0.936. The predicted molar refractivity (Wildman–Crippen MR) is 136 cm³/mol. The van der Waals surface area contributed by atoms with Crippen molar-refractivity contribution in [2.45, 2.75) is 64.2 Å². The Kier molecular flexibility index (Phi) is 7.47. The summed E-state index contributed by atoms with van der Waals surface area (Å²) in [6.07, 6.45) is 9.13. The number of ketones is 1. The molecular formula is C28H31NO4S. The van der Waals surface area contributed by atoms with Crippen LogP contribution in [0.3, 0.4) is 0 Å². The summed E-state index contributed by atoms with van der Waals surface area (Å²) >= 11 is 1.58. The highest BCUT2D eigenvalue weighted by molar-refractivity contribution is 7.18. The Bertz CT molecular complexity index is 1160. The summed E-state index contributed by atoms with van der Waals surface area (Å²) in [6.45, 7) is 4.44. The Morgan fingerprint density at radius 3 is 2.44 bits per heavy atom. The van der Waals surface area contributed by atoms with Gasteiger partial charge in [-0.05, 0) is 60.6 Å². The van der Waals surface area contributed by atoms with Gasteiger partial charge in [-0.1, -0.05) is 45.2 Å². The molecule has 0 radical (unpaired) electrons. The van der Waals surface area contributed by atoms with Crippen molar-refractivity contribution < 1.29 is 19.4 Å². The lowest BCUT2D eigenvalue weighted by molar-refractivity contribution is -0.121. The molecule has 2 aromatic carbocycles. The van der Waals surface area contributed by atoms with E-state index in [2.05, 4.69) is 18.0 Å². The monoisotopic (exact) mass is 477 g/mol. The maximum atomic E-state index is 12.1. The van der Waals surface area contributed by atoms with Crippen LogP contribution in [0.5, 0.6) is 5.75 Å². The standard InChI is InChI=1S/C28H31NO4S/c1-3-7-22(30)18-33-24-13-12-21(16-23(24)28(2)14-5-4-6-15-28)25-17-29-26(34-25)19-8-10-20(11-9-19)27(31)32/h8-13,16-17H,3-7,14-15,18H2,1-2H3,(H,31,32). The molecule has 0 atom stereocenters. The summed E-state index contributed by atoms with van der Waals surface area (Å²) in [5.74, 6) is 0.00718. The zero-order valence-electron chi connectivity index (χ0n) is 19.8. The number of Topliss-reactive ketones (excluding diaryl/α,β-unsaturated/α-hetero) is 1. The molecule has 0 bridgehead atoms. The Labute approximate surface area is 204 Å². The third-order valence-electron chi connectivity index (χ3n) is 6.67. The van der Waals surface area contributed by atoms with Crippen molar-refractivity contribution in [3.63, 3.8) is 0 Å². The Balaban J connectivity index is 1.64. The number of benzene rings is 2. The molecule has 1 heterocycles. The molecule has 1 aromatic heterocycles. The van der Waals surface area contributed by atoms with Crippen LogP contribution in [0, 0.1) is 0 Å². The number of aromatic nitrogens is 1. The summed E-state index contributed by atoms with van der Waals surface area (Å²) in [6, 6.07) is 13.1. The van der Waals surface area contributed by atoms with Crippen LogP contribution in [0.2, 0.25) is 0 Å². The van der Waals surface area contributed by atoms with E-state index in [1.165, 1.54) is 24.8 Å². The highest BCUT2D eigenvalue weighted by Gasteiger charge is 2.32. The molecule has 0 amide bonds. The predicted octanol–water partition coefficient (Wildman–Crippen LogP) is 7.15. The molecule has 1 N–H and O–H groups in total. The number of hydrogen-bond acceptors (Lipinski definition) is 5. The molecule has 1 aliphatic carbocycles. The fourth-order valence-electron chi connectivity index (χ4n) is 4.69. The molecule has 1 saturated carbocycles. The van der Waals surface area contributed by atoms with Gasteiger partial charge in [-0.2, -0.15) is 0 Å². The van der Waals surface area contributed by atoms with Gasteiger partial charge in [-0.15, -0.1) is 11.3 Å². The van der Waals surface area contributed by atoms with Gasteiger partial charge in [-0.25, -0.2) is 9.78 Å². The quantitative estimate of drug-likeness (QED) is 0.354. The fourth-order valence-corrected chi connectivity index (χ4v) is 5.61. The zero-order chi connectivity index (χ0) is 24.1. The van der Waals surface area contributed by atoms with Crippen LogP contribution in [0.4, 0.5) is 0 Å². The molecule has 0 spiro atoms. The van der Waals surface area contributed by atoms with E-state index in [9.17, 15) is 9.59 Å². The summed E-state index contributed by atoms with van der Waals surface area (Å²) in [5, 5.41) is 9.98. The molecule has 0 aliphatic heterocycles. The third kappa shape index (κ3) is 5.39. The second-order valence-electron chi connectivity index (χ2n) is 9.32. The van der Waals surface area contributed by atoms with E-state index in [4.69, 9.17) is 9.84 Å². The van der Waals surface area contributed by atoms with Gasteiger partial charge in [0.2, 0.25) is 0 Å². The molecule has 1 fully saturated rings. The van der Waals surface area contributed by atoms with Crippen LogP contribution in [0.15, 0.2) is 48.7 Å². The number of rotatable bonds is 9. The van der Waals surface area contributed by atoms with Crippen LogP contribution in [-0.4, -0.2) is 28.4 Å². The van der Waals surface area contributed by atoms with Gasteiger partial charge in [0.15, 0.2) is 5.78 Å². The van der Waals surface area contributed by atoms with Gasteiger partial charge in [-0.3, -0.25) is 4.79 Å². The van der Waals surface area contributed by atoms with Crippen LogP contribution in [0.1, 0.15) is 74.7 Å². The van der Waals surface area contributed by atoms with Crippen molar-refractivity contribution in [3.05, 3.63) is 59.8 Å². The van der Waals surface area contributed by atoms with Crippen molar-refractivity contribution in [2.24, 2.45) is 0 Å². The maximum absolute atomic E-state index is 12.1. The van der Waals surface area contributed by atoms with E-state index in [1.807, 2.05) is 25.3 Å². The number of carboxylic acid groups (broad SMARTS) is 1. The molecule has 5 nitrogen and oxygen atoms in total. The lowest BCUT2D eigenvalue weighted by Gasteiger charge is -2.35. The first kappa shape index (κ1) is 24.1. The minimum Gasteiger partial charge on any atom is -0.486 e. The second kappa shape index (κ2) is 10.5. The zero-order valence-corrected chi connectivity index (χ0v) is 20.6. The topological polar surface area (TPSA) is 76.5 Å². The molecule has 0 unspecified atom stereocenters. The number of carboxylic acids is 1. The molecule has 34 heavy (non-hydrogen) atoms. The van der Waals surface area contributed by atoms with Gasteiger partial charge in [0.05, 0.1) is 10.4 Å². The average molecular weight is 478 g/mol. The summed E-state index contributed by atoms with van der Waals surface area (Å²) in [5.41, 5.74) is 3.45. The van der Waals surface area contributed by atoms with E-state index in [-0.39, 0.29) is 23.4 Å². The molecular weight excluding hydrogens is 446 g/mol. The van der Waals surface area contributed by atoms with Gasteiger partial charge >= 0.3 is 5.97 Å². The van der Waals surface area contributed by atoms with E-state index in [0.29, 0.717) is 6.42 Å². The van der Waals surface area contributed by atoms with Crippen LogP contribution >= 0.6 is 11.3 Å². The van der Waals surface area contributed by atoms with Gasteiger partial charge < -0.3 is 9.84 Å². The number of carbonyl (C=O) groups excluding carboxylic acids is 1. The summed E-state index contributed by atoms with van der Waals surface area (Å²) in [4.78, 5) is 28.9. The second-order valence-corrected chi connectivity index (χ2v) is 10.4. The van der Waals surface area contributed by atoms with Crippen molar-refractivity contribution >= 4 is 23.1 Å². The van der Waals surface area contributed by atoms with Crippen molar-refractivity contribution in [1.29, 1.82) is 0 Å². The molecule has 6 heteroatoms. The Morgan fingerprint density at radius 1 is 1.06 bits per heavy atom. The SMILES string of the molecule is CCCC(=O)COc1ccc(-c2cnc(-c3ccc(C(=O)O)cc3)s2)cc1C1(C)CCCCC1. The van der Waals surface area contributed by atoms with Gasteiger partial charge in [0.1, 0.15) is 17.4 Å². The molecule has 178 valence electrons. The lowest BCUT2D eigenvalue weighted by Crippen LogP contribution is -2.26. The van der Waals surface area contributed by atoms with E-state index >= 15 is 0 Å². The highest BCUT2D eigenvalue weighted by Crippen LogP contribution is 2.45. The smallest absolute Gasteiger partial charge is 0.335 e. The number of nitrogens with zero attached hydrogens (tertiary/aromatic N) is 1. The van der Waals surface area contributed by atoms with Gasteiger partial charge in [0.25, 0.3) is 0 Å². The van der Waals surface area contributed by atoms with Crippen LogP contribution in [-0.2, 0) is 10.2 Å². The number of carbonyl (C=O) groups is 2. The first-order valence-electron chi connectivity index (χ1n) is 12.0. The lowest BCUT2D eigenvalue weighted by atomic mass is 9.70. The normalized spacial score (nSPS) is 15.1. The van der Waals surface area contributed by atoms with Crippen molar-refractivity contribution in [3.8, 4) is 26.8 Å². The van der Waals surface area contributed by atoms with Crippen LogP contribution < -0.4 is 4.74 Å². The van der Waals surface area contributed by atoms with E-state index < -0.39 is 5.97 Å². The largest absolute Gasteiger partial charge is 0.486 e. The highest BCUT2D eigenvalue weighted by atomic mass is 32.1. The number of ether oxygens (including phenoxy) is 1. The molecule has 3 aromatic rings. The maximum Gasteiger partial charge on any atom is 0.335 e. The third-order valence-corrected chi connectivity index (χ3v) is 7.77.